The van der Waals surface area contributed by atoms with Crippen LogP contribution in [0.5, 0.6) is 0 Å². The Kier molecular flexibility index (Phi) is 4.38. The Hall–Kier alpha value is -1.80. The van der Waals surface area contributed by atoms with E-state index in [2.05, 4.69) is 26.2 Å². The molecular formula is C13H10BrFN2O3S. The maximum atomic E-state index is 13.2. The van der Waals surface area contributed by atoms with Crippen molar-refractivity contribution in [1.82, 2.24) is 4.98 Å². The molecule has 0 saturated heterocycles. The summed E-state index contributed by atoms with van der Waals surface area (Å²) < 4.78 is 37.1. The lowest BCUT2D eigenvalue weighted by Gasteiger charge is -2.10. The van der Waals surface area contributed by atoms with E-state index in [0.29, 0.717) is 4.47 Å². The first-order valence-electron chi connectivity index (χ1n) is 5.69. The zero-order valence-electron chi connectivity index (χ0n) is 10.8. The van der Waals surface area contributed by atoms with E-state index in [0.717, 1.165) is 18.4 Å². The average Bonchev–Trinajstić information content (AvgIpc) is 2.39. The average molecular weight is 373 g/mol. The van der Waals surface area contributed by atoms with E-state index >= 15 is 0 Å². The molecule has 2 rings (SSSR count). The molecule has 110 valence electrons. The topological polar surface area (TPSA) is 76.1 Å². The highest BCUT2D eigenvalue weighted by Gasteiger charge is 2.17. The maximum absolute atomic E-state index is 13.2. The van der Waals surface area contributed by atoms with Gasteiger partial charge in [0.1, 0.15) is 5.82 Å². The van der Waals surface area contributed by atoms with Crippen molar-refractivity contribution in [2.75, 3.05) is 11.6 Å². The maximum Gasteiger partial charge on any atom is 0.257 e. The summed E-state index contributed by atoms with van der Waals surface area (Å²) in [6.07, 6.45) is 3.79. The normalized spacial score (nSPS) is 11.2. The molecule has 0 aliphatic heterocycles. The van der Waals surface area contributed by atoms with Crippen molar-refractivity contribution >= 4 is 37.4 Å². The molecule has 0 aliphatic rings. The van der Waals surface area contributed by atoms with Gasteiger partial charge in [-0.25, -0.2) is 12.8 Å². The van der Waals surface area contributed by atoms with Crippen LogP contribution in [-0.2, 0) is 9.84 Å². The summed E-state index contributed by atoms with van der Waals surface area (Å²) >= 11 is 3.18. The number of anilines is 1. The standard InChI is InChI=1S/C13H10BrFN2O3S/c1-21(19,20)12-5-10(15)2-3-11(12)17-13(18)8-4-9(14)7-16-6-8/h2-7H,1H3,(H,17,18). The Labute approximate surface area is 129 Å². The quantitative estimate of drug-likeness (QED) is 0.898. The number of hydrogen-bond donors (Lipinski definition) is 1. The van der Waals surface area contributed by atoms with Crippen LogP contribution in [0.1, 0.15) is 10.4 Å². The molecule has 0 radical (unpaired) electrons. The van der Waals surface area contributed by atoms with Crippen LogP contribution in [0, 0.1) is 5.82 Å². The molecule has 1 aromatic carbocycles. The molecule has 1 N–H and O–H groups in total. The summed E-state index contributed by atoms with van der Waals surface area (Å²) in [6, 6.07) is 4.68. The van der Waals surface area contributed by atoms with E-state index < -0.39 is 21.6 Å². The molecule has 0 aliphatic carbocycles. The molecule has 0 atom stereocenters. The molecule has 0 fully saturated rings. The largest absolute Gasteiger partial charge is 0.321 e. The number of benzene rings is 1. The van der Waals surface area contributed by atoms with Crippen LogP contribution in [0.15, 0.2) is 46.0 Å². The van der Waals surface area contributed by atoms with Crippen molar-refractivity contribution in [2.24, 2.45) is 0 Å². The van der Waals surface area contributed by atoms with E-state index in [-0.39, 0.29) is 16.1 Å². The molecule has 1 aromatic heterocycles. The van der Waals surface area contributed by atoms with Crippen molar-refractivity contribution in [2.45, 2.75) is 4.90 Å². The number of pyridine rings is 1. The number of nitrogens with zero attached hydrogens (tertiary/aromatic N) is 1. The Morgan fingerprint density at radius 3 is 2.62 bits per heavy atom. The molecule has 8 heteroatoms. The van der Waals surface area contributed by atoms with Gasteiger partial charge >= 0.3 is 0 Å². The van der Waals surface area contributed by atoms with Gasteiger partial charge in [0.25, 0.3) is 5.91 Å². The van der Waals surface area contributed by atoms with E-state index in [1.54, 1.807) is 0 Å². The number of aromatic nitrogens is 1. The monoisotopic (exact) mass is 372 g/mol. The zero-order chi connectivity index (χ0) is 15.6. The van der Waals surface area contributed by atoms with Gasteiger partial charge in [-0.2, -0.15) is 0 Å². The third kappa shape index (κ3) is 3.85. The first-order valence-corrected chi connectivity index (χ1v) is 8.37. The van der Waals surface area contributed by atoms with E-state index in [4.69, 9.17) is 0 Å². The highest BCUT2D eigenvalue weighted by molar-refractivity contribution is 9.10. The Balaban J connectivity index is 2.38. The SMILES string of the molecule is CS(=O)(=O)c1cc(F)ccc1NC(=O)c1cncc(Br)c1. The van der Waals surface area contributed by atoms with Crippen LogP contribution >= 0.6 is 15.9 Å². The minimum atomic E-state index is -3.67. The van der Waals surface area contributed by atoms with Crippen molar-refractivity contribution in [3.8, 4) is 0 Å². The molecule has 0 spiro atoms. The minimum absolute atomic E-state index is 0.0175. The summed E-state index contributed by atoms with van der Waals surface area (Å²) in [5, 5.41) is 2.44. The molecule has 0 unspecified atom stereocenters. The minimum Gasteiger partial charge on any atom is -0.321 e. The van der Waals surface area contributed by atoms with Crippen LogP contribution in [-0.4, -0.2) is 25.6 Å². The Morgan fingerprint density at radius 1 is 1.29 bits per heavy atom. The highest BCUT2D eigenvalue weighted by Crippen LogP contribution is 2.23. The van der Waals surface area contributed by atoms with Crippen molar-refractivity contribution in [1.29, 1.82) is 0 Å². The molecule has 0 saturated carbocycles. The van der Waals surface area contributed by atoms with Crippen molar-refractivity contribution < 1.29 is 17.6 Å². The molecule has 21 heavy (non-hydrogen) atoms. The number of hydrogen-bond acceptors (Lipinski definition) is 4. The smallest absolute Gasteiger partial charge is 0.257 e. The van der Waals surface area contributed by atoms with Gasteiger partial charge in [-0.1, -0.05) is 0 Å². The Bertz CT molecular complexity index is 809. The fourth-order valence-electron chi connectivity index (χ4n) is 1.64. The first-order chi connectivity index (χ1) is 9.77. The molecular weight excluding hydrogens is 363 g/mol. The highest BCUT2D eigenvalue weighted by atomic mass is 79.9. The van der Waals surface area contributed by atoms with E-state index in [1.165, 1.54) is 24.5 Å². The van der Waals surface area contributed by atoms with Crippen LogP contribution in [0.25, 0.3) is 0 Å². The van der Waals surface area contributed by atoms with Crippen LogP contribution in [0.3, 0.4) is 0 Å². The second-order valence-electron chi connectivity index (χ2n) is 4.26. The van der Waals surface area contributed by atoms with Crippen LogP contribution in [0.4, 0.5) is 10.1 Å². The second-order valence-corrected chi connectivity index (χ2v) is 7.16. The zero-order valence-corrected chi connectivity index (χ0v) is 13.2. The van der Waals surface area contributed by atoms with E-state index in [1.807, 2.05) is 0 Å². The van der Waals surface area contributed by atoms with Gasteiger partial charge in [-0.15, -0.1) is 0 Å². The predicted octanol–water partition coefficient (Wildman–Crippen LogP) is 2.64. The lowest BCUT2D eigenvalue weighted by molar-refractivity contribution is 0.102. The van der Waals surface area contributed by atoms with Gasteiger partial charge in [-0.05, 0) is 40.2 Å². The molecule has 1 heterocycles. The summed E-state index contributed by atoms with van der Waals surface area (Å²) in [5.74, 6) is -1.24. The molecule has 2 aromatic rings. The summed E-state index contributed by atoms with van der Waals surface area (Å²) in [6.45, 7) is 0. The summed E-state index contributed by atoms with van der Waals surface area (Å²) in [4.78, 5) is 15.6. The van der Waals surface area contributed by atoms with Gasteiger partial charge in [-0.3, -0.25) is 9.78 Å². The number of carbonyl (C=O) groups excluding carboxylic acids is 1. The van der Waals surface area contributed by atoms with Crippen LogP contribution in [0.2, 0.25) is 0 Å². The third-order valence-electron chi connectivity index (χ3n) is 2.56. The fourth-order valence-corrected chi connectivity index (χ4v) is 2.85. The van der Waals surface area contributed by atoms with Gasteiger partial charge in [0.2, 0.25) is 0 Å². The number of rotatable bonds is 3. The van der Waals surface area contributed by atoms with Gasteiger partial charge in [0.05, 0.1) is 16.1 Å². The number of amides is 1. The Morgan fingerprint density at radius 2 is 2.00 bits per heavy atom. The van der Waals surface area contributed by atoms with Crippen molar-refractivity contribution in [3.63, 3.8) is 0 Å². The lowest BCUT2D eigenvalue weighted by atomic mass is 10.2. The summed E-state index contributed by atoms with van der Waals surface area (Å²) in [7, 11) is -3.67. The third-order valence-corrected chi connectivity index (χ3v) is 4.13. The second kappa shape index (κ2) is 5.90. The molecule has 1 amide bonds. The fraction of sp³-hybridized carbons (Fsp3) is 0.0769. The van der Waals surface area contributed by atoms with Gasteiger partial charge in [0, 0.05) is 23.1 Å². The molecule has 0 bridgehead atoms. The predicted molar refractivity (Wildman–Crippen MR) is 79.4 cm³/mol. The van der Waals surface area contributed by atoms with Crippen LogP contribution < -0.4 is 5.32 Å². The number of halogens is 2. The van der Waals surface area contributed by atoms with Gasteiger partial charge in [0.15, 0.2) is 9.84 Å². The number of nitrogens with one attached hydrogen (secondary N) is 1. The van der Waals surface area contributed by atoms with Gasteiger partial charge < -0.3 is 5.32 Å². The summed E-state index contributed by atoms with van der Waals surface area (Å²) in [5.41, 5.74) is 0.261. The van der Waals surface area contributed by atoms with Crippen molar-refractivity contribution in [3.05, 3.63) is 52.5 Å². The first kappa shape index (κ1) is 15.6. The number of carbonyl (C=O) groups is 1. The lowest BCUT2D eigenvalue weighted by Crippen LogP contribution is -2.15. The number of sulfone groups is 1. The molecule has 5 nitrogen and oxygen atoms in total. The van der Waals surface area contributed by atoms with E-state index in [9.17, 15) is 17.6 Å².